The van der Waals surface area contributed by atoms with E-state index in [2.05, 4.69) is 17.6 Å². The Labute approximate surface area is 193 Å². The lowest BCUT2D eigenvalue weighted by Crippen LogP contribution is -2.40. The van der Waals surface area contributed by atoms with Gasteiger partial charge in [0.25, 0.3) is 5.91 Å². The largest absolute Gasteiger partial charge is 0.379 e. The molecule has 1 aromatic heterocycles. The van der Waals surface area contributed by atoms with E-state index in [0.717, 1.165) is 28.7 Å². The first-order valence-electron chi connectivity index (χ1n) is 11.3. The number of sulfonamides is 1. The minimum Gasteiger partial charge on any atom is -0.379 e. The van der Waals surface area contributed by atoms with E-state index in [4.69, 9.17) is 4.74 Å². The molecule has 2 aliphatic heterocycles. The van der Waals surface area contributed by atoms with Gasteiger partial charge in [-0.3, -0.25) is 4.79 Å². The van der Waals surface area contributed by atoms with Crippen LogP contribution in [0.3, 0.4) is 0 Å². The molecular weight excluding hydrogens is 438 g/mol. The highest BCUT2D eigenvalue weighted by Gasteiger charge is 2.34. The molecule has 2 aromatic carbocycles. The molecule has 3 heterocycles. The second-order valence-corrected chi connectivity index (χ2v) is 10.1. The number of fused-ring (bicyclic) bond motifs is 2. The van der Waals surface area contributed by atoms with Crippen molar-refractivity contribution in [2.45, 2.75) is 25.3 Å². The Kier molecular flexibility index (Phi) is 5.60. The van der Waals surface area contributed by atoms with Gasteiger partial charge in [0, 0.05) is 60.0 Å². The number of amides is 1. The lowest BCUT2D eigenvalue weighted by molar-refractivity contribution is -0.112. The minimum absolute atomic E-state index is 0.109. The van der Waals surface area contributed by atoms with E-state index >= 15 is 0 Å². The van der Waals surface area contributed by atoms with Crippen LogP contribution in [0.15, 0.2) is 53.6 Å². The molecule has 3 aromatic rings. The highest BCUT2D eigenvalue weighted by molar-refractivity contribution is 7.89. The number of likely N-dealkylation sites (N-methyl/N-ethyl adjacent to an activating group) is 1. The maximum atomic E-state index is 13.3. The molecule has 0 radical (unpaired) electrons. The number of hydrogen-bond acceptors (Lipinski definition) is 4. The second-order valence-electron chi connectivity index (χ2n) is 8.19. The van der Waals surface area contributed by atoms with Crippen molar-refractivity contribution in [2.24, 2.45) is 0 Å². The smallest absolute Gasteiger partial charge is 0.258 e. The van der Waals surface area contributed by atoms with Crippen LogP contribution in [0.5, 0.6) is 0 Å². The molecule has 0 aliphatic carbocycles. The zero-order valence-electron chi connectivity index (χ0n) is 18.8. The van der Waals surface area contributed by atoms with Gasteiger partial charge in [0.15, 0.2) is 0 Å². The van der Waals surface area contributed by atoms with Crippen molar-refractivity contribution < 1.29 is 17.9 Å². The monoisotopic (exact) mass is 465 g/mol. The molecule has 5 rings (SSSR count). The molecule has 0 spiro atoms. The van der Waals surface area contributed by atoms with Crippen molar-refractivity contribution in [3.8, 4) is 0 Å². The van der Waals surface area contributed by atoms with E-state index in [0.29, 0.717) is 44.0 Å². The van der Waals surface area contributed by atoms with Crippen molar-refractivity contribution in [2.75, 3.05) is 37.7 Å². The highest BCUT2D eigenvalue weighted by Crippen LogP contribution is 2.40. The number of aryl methyl sites for hydroxylation is 1. The maximum Gasteiger partial charge on any atom is 0.258 e. The van der Waals surface area contributed by atoms with Crippen molar-refractivity contribution in [1.29, 1.82) is 0 Å². The molecule has 7 nitrogen and oxygen atoms in total. The quantitative estimate of drug-likeness (QED) is 0.540. The first-order chi connectivity index (χ1) is 16.0. The van der Waals surface area contributed by atoms with E-state index in [1.54, 1.807) is 23.1 Å². The summed E-state index contributed by atoms with van der Waals surface area (Å²) in [6, 6.07) is 13.1. The molecule has 1 fully saturated rings. The third kappa shape index (κ3) is 3.58. The van der Waals surface area contributed by atoms with Crippen molar-refractivity contribution in [1.82, 2.24) is 8.87 Å². The maximum absolute atomic E-state index is 13.3. The van der Waals surface area contributed by atoms with Gasteiger partial charge in [-0.1, -0.05) is 18.2 Å². The zero-order valence-corrected chi connectivity index (χ0v) is 19.6. The average molecular weight is 466 g/mol. The lowest BCUT2D eigenvalue weighted by Gasteiger charge is -2.26. The normalized spacial score (nSPS) is 18.4. The van der Waals surface area contributed by atoms with Gasteiger partial charge >= 0.3 is 0 Å². The Morgan fingerprint density at radius 2 is 1.79 bits per heavy atom. The van der Waals surface area contributed by atoms with Crippen LogP contribution < -0.4 is 4.90 Å². The summed E-state index contributed by atoms with van der Waals surface area (Å²) >= 11 is 0. The van der Waals surface area contributed by atoms with Crippen LogP contribution in [0.4, 0.5) is 5.69 Å². The van der Waals surface area contributed by atoms with Crippen LogP contribution in [0, 0.1) is 0 Å². The molecule has 1 amide bonds. The number of ether oxygens (including phenoxy) is 1. The van der Waals surface area contributed by atoms with Gasteiger partial charge in [0.2, 0.25) is 10.0 Å². The number of morpholine rings is 1. The van der Waals surface area contributed by atoms with E-state index in [-0.39, 0.29) is 10.8 Å². The molecule has 0 N–H and O–H groups in total. The lowest BCUT2D eigenvalue weighted by atomic mass is 10.0. The number of nitrogens with zero attached hydrogens (tertiary/aromatic N) is 3. The van der Waals surface area contributed by atoms with E-state index < -0.39 is 10.0 Å². The number of aromatic nitrogens is 1. The molecule has 2 aliphatic rings. The molecule has 0 atom stereocenters. The van der Waals surface area contributed by atoms with Gasteiger partial charge < -0.3 is 14.2 Å². The van der Waals surface area contributed by atoms with Gasteiger partial charge in [0.1, 0.15) is 0 Å². The van der Waals surface area contributed by atoms with Crippen LogP contribution >= 0.6 is 0 Å². The molecule has 0 unspecified atom stereocenters. The molecule has 172 valence electrons. The summed E-state index contributed by atoms with van der Waals surface area (Å²) in [4.78, 5) is 15.3. The Balaban J connectivity index is 1.64. The fourth-order valence-electron chi connectivity index (χ4n) is 4.69. The summed E-state index contributed by atoms with van der Waals surface area (Å²) in [5, 5.41) is 1.06. The van der Waals surface area contributed by atoms with Gasteiger partial charge in [-0.2, -0.15) is 4.31 Å². The summed E-state index contributed by atoms with van der Waals surface area (Å²) in [7, 11) is -3.66. The van der Waals surface area contributed by atoms with Crippen molar-refractivity contribution >= 4 is 44.2 Å². The summed E-state index contributed by atoms with van der Waals surface area (Å²) in [6.07, 6.45) is 3.95. The van der Waals surface area contributed by atoms with Gasteiger partial charge in [0.05, 0.1) is 23.8 Å². The minimum atomic E-state index is -3.66. The fraction of sp³-hybridized carbons (Fsp3) is 0.320. The van der Waals surface area contributed by atoms with Crippen LogP contribution in [-0.4, -0.2) is 56.0 Å². The number of carbonyl (C=O) groups excluding carboxylic acids is 1. The predicted molar refractivity (Wildman–Crippen MR) is 130 cm³/mol. The first kappa shape index (κ1) is 21.9. The summed E-state index contributed by atoms with van der Waals surface area (Å²) in [5.74, 6) is -0.109. The topological polar surface area (TPSA) is 71.9 Å². The molecular formula is C25H27N3O4S. The second kappa shape index (κ2) is 8.44. The number of carbonyl (C=O) groups is 1. The first-order valence-corrected chi connectivity index (χ1v) is 12.7. The van der Waals surface area contributed by atoms with Gasteiger partial charge in [-0.15, -0.1) is 0 Å². The SMILES string of the molecule is CCN1C(=O)/C(=C\c2cn(CC)c3ccccc23)c2cc(S(=O)(=O)N3CCOCC3)ccc21. The van der Waals surface area contributed by atoms with E-state index in [1.165, 1.54) is 4.31 Å². The van der Waals surface area contributed by atoms with E-state index in [9.17, 15) is 13.2 Å². The zero-order chi connectivity index (χ0) is 23.2. The Hall–Kier alpha value is -2.94. The average Bonchev–Trinajstić information content (AvgIpc) is 3.34. The van der Waals surface area contributed by atoms with Crippen LogP contribution in [0.25, 0.3) is 22.6 Å². The molecule has 0 bridgehead atoms. The third-order valence-corrected chi connectivity index (χ3v) is 8.30. The fourth-order valence-corrected chi connectivity index (χ4v) is 6.13. The molecule has 8 heteroatoms. The number of benzene rings is 2. The van der Waals surface area contributed by atoms with E-state index in [1.807, 2.05) is 37.4 Å². The number of para-hydroxylation sites is 1. The summed E-state index contributed by atoms with van der Waals surface area (Å²) in [6.45, 7) is 6.77. The Bertz CT molecular complexity index is 1370. The third-order valence-electron chi connectivity index (χ3n) is 6.41. The van der Waals surface area contributed by atoms with Crippen molar-refractivity contribution in [3.05, 3.63) is 59.8 Å². The molecule has 1 saturated heterocycles. The highest BCUT2D eigenvalue weighted by atomic mass is 32.2. The predicted octanol–water partition coefficient (Wildman–Crippen LogP) is 3.59. The summed E-state index contributed by atoms with van der Waals surface area (Å²) in [5.41, 5.74) is 3.97. The standard InChI is InChI=1S/C25H27N3O4S/c1-3-26-17-18(20-7-5-6-8-23(20)26)15-22-21-16-19(9-10-24(21)28(4-2)25(22)29)33(30,31)27-11-13-32-14-12-27/h5-10,15-17H,3-4,11-14H2,1-2H3/b22-15-. The Morgan fingerprint density at radius 3 is 2.52 bits per heavy atom. The number of hydrogen-bond donors (Lipinski definition) is 0. The molecule has 33 heavy (non-hydrogen) atoms. The molecule has 0 saturated carbocycles. The Morgan fingerprint density at radius 1 is 1.03 bits per heavy atom. The van der Waals surface area contributed by atoms with Gasteiger partial charge in [-0.25, -0.2) is 8.42 Å². The van der Waals surface area contributed by atoms with Crippen LogP contribution in [0.2, 0.25) is 0 Å². The van der Waals surface area contributed by atoms with Crippen LogP contribution in [0.1, 0.15) is 25.0 Å². The van der Waals surface area contributed by atoms with Gasteiger partial charge in [-0.05, 0) is 44.2 Å². The van der Waals surface area contributed by atoms with Crippen molar-refractivity contribution in [3.63, 3.8) is 0 Å². The van der Waals surface area contributed by atoms with Crippen LogP contribution in [-0.2, 0) is 26.1 Å². The number of rotatable bonds is 5. The summed E-state index contributed by atoms with van der Waals surface area (Å²) < 4.78 is 35.4. The number of anilines is 1.